The van der Waals surface area contributed by atoms with Gasteiger partial charge in [0.25, 0.3) is 0 Å². The smallest absolute Gasteiger partial charge is 0.127 e. The van der Waals surface area contributed by atoms with Crippen molar-refractivity contribution in [1.82, 2.24) is 0 Å². The summed E-state index contributed by atoms with van der Waals surface area (Å²) in [6.45, 7) is 0. The Morgan fingerprint density at radius 2 is 1.88 bits per heavy atom. The highest BCUT2D eigenvalue weighted by molar-refractivity contribution is 5.51. The monoisotopic (exact) mass is 231 g/mol. The maximum atomic E-state index is 6.57. The van der Waals surface area contributed by atoms with Crippen LogP contribution in [0.25, 0.3) is 0 Å². The van der Waals surface area contributed by atoms with E-state index in [1.807, 2.05) is 0 Å². The van der Waals surface area contributed by atoms with Crippen LogP contribution in [0.1, 0.15) is 48.8 Å². The van der Waals surface area contributed by atoms with Gasteiger partial charge in [0.15, 0.2) is 0 Å². The molecule has 2 nitrogen and oxygen atoms in total. The van der Waals surface area contributed by atoms with Gasteiger partial charge in [-0.05, 0) is 43.2 Å². The normalized spacial score (nSPS) is 21.5. The summed E-state index contributed by atoms with van der Waals surface area (Å²) in [5, 5.41) is 0. The van der Waals surface area contributed by atoms with Gasteiger partial charge in [-0.1, -0.05) is 25.0 Å². The van der Waals surface area contributed by atoms with Gasteiger partial charge in [0.1, 0.15) is 5.75 Å². The molecule has 3 rings (SSSR count). The molecule has 0 spiro atoms. The van der Waals surface area contributed by atoms with E-state index in [1.54, 1.807) is 7.11 Å². The first-order valence-corrected chi connectivity index (χ1v) is 6.73. The second-order valence-corrected chi connectivity index (χ2v) is 5.50. The van der Waals surface area contributed by atoms with Gasteiger partial charge in [-0.15, -0.1) is 0 Å². The van der Waals surface area contributed by atoms with Crippen LogP contribution in [0.4, 0.5) is 0 Å². The fourth-order valence-electron chi connectivity index (χ4n) is 3.53. The van der Waals surface area contributed by atoms with E-state index in [9.17, 15) is 0 Å². The molecular formula is C15H21NO. The van der Waals surface area contributed by atoms with E-state index in [0.717, 1.165) is 25.0 Å². The van der Waals surface area contributed by atoms with Gasteiger partial charge >= 0.3 is 0 Å². The molecule has 2 aliphatic rings. The molecule has 2 aliphatic carbocycles. The topological polar surface area (TPSA) is 35.2 Å². The highest BCUT2D eigenvalue weighted by Crippen LogP contribution is 2.44. The molecule has 0 bridgehead atoms. The fourth-order valence-corrected chi connectivity index (χ4v) is 3.53. The van der Waals surface area contributed by atoms with Crippen LogP contribution in [0.15, 0.2) is 12.1 Å². The third kappa shape index (κ3) is 1.66. The summed E-state index contributed by atoms with van der Waals surface area (Å²) >= 11 is 0. The summed E-state index contributed by atoms with van der Waals surface area (Å²) in [5.74, 6) is 1.09. The number of methoxy groups -OCH3 is 1. The summed E-state index contributed by atoms with van der Waals surface area (Å²) in [6, 6.07) is 4.49. The molecule has 2 N–H and O–H groups in total. The summed E-state index contributed by atoms with van der Waals surface area (Å²) in [5.41, 5.74) is 10.6. The molecule has 0 atom stereocenters. The average molecular weight is 231 g/mol. The molecule has 2 heteroatoms. The first-order valence-electron chi connectivity index (χ1n) is 6.73. The number of aryl methyl sites for hydroxylation is 1. The molecule has 1 saturated carbocycles. The molecule has 0 radical (unpaired) electrons. The molecule has 0 unspecified atom stereocenters. The van der Waals surface area contributed by atoms with Gasteiger partial charge in [-0.2, -0.15) is 0 Å². The summed E-state index contributed by atoms with van der Waals surface area (Å²) in [4.78, 5) is 0. The van der Waals surface area contributed by atoms with Gasteiger partial charge in [-0.3, -0.25) is 0 Å². The van der Waals surface area contributed by atoms with E-state index < -0.39 is 0 Å². The number of rotatable bonds is 2. The number of ether oxygens (including phenoxy) is 1. The SMILES string of the molecule is COc1c(C2(N)CCCC2)ccc2c1CCC2. The van der Waals surface area contributed by atoms with E-state index in [1.165, 1.54) is 42.4 Å². The minimum Gasteiger partial charge on any atom is -0.496 e. The van der Waals surface area contributed by atoms with Crippen molar-refractivity contribution in [3.05, 3.63) is 28.8 Å². The average Bonchev–Trinajstić information content (AvgIpc) is 2.96. The molecular weight excluding hydrogens is 210 g/mol. The second kappa shape index (κ2) is 4.02. The first kappa shape index (κ1) is 11.1. The standard InChI is InChI=1S/C15H21NO/c1-17-14-12-6-4-5-11(12)7-8-13(14)15(16)9-2-3-10-15/h7-8H,2-6,9-10,16H2,1H3. The van der Waals surface area contributed by atoms with Crippen molar-refractivity contribution < 1.29 is 4.74 Å². The summed E-state index contributed by atoms with van der Waals surface area (Å²) < 4.78 is 5.69. The zero-order valence-electron chi connectivity index (χ0n) is 10.6. The highest BCUT2D eigenvalue weighted by Gasteiger charge is 2.35. The van der Waals surface area contributed by atoms with Crippen molar-refractivity contribution in [3.8, 4) is 5.75 Å². The number of hydrogen-bond donors (Lipinski definition) is 1. The Labute approximate surface area is 103 Å². The molecule has 17 heavy (non-hydrogen) atoms. The van der Waals surface area contributed by atoms with E-state index >= 15 is 0 Å². The lowest BCUT2D eigenvalue weighted by molar-refractivity contribution is 0.375. The zero-order valence-corrected chi connectivity index (χ0v) is 10.6. The Morgan fingerprint density at radius 3 is 2.59 bits per heavy atom. The van der Waals surface area contributed by atoms with Crippen molar-refractivity contribution in [3.63, 3.8) is 0 Å². The number of hydrogen-bond acceptors (Lipinski definition) is 2. The Balaban J connectivity index is 2.11. The van der Waals surface area contributed by atoms with Crippen LogP contribution in [0, 0.1) is 0 Å². The van der Waals surface area contributed by atoms with Gasteiger partial charge in [-0.25, -0.2) is 0 Å². The molecule has 1 fully saturated rings. The maximum absolute atomic E-state index is 6.57. The number of fused-ring (bicyclic) bond motifs is 1. The molecule has 92 valence electrons. The van der Waals surface area contributed by atoms with Crippen molar-refractivity contribution in [2.75, 3.05) is 7.11 Å². The number of nitrogens with two attached hydrogens (primary N) is 1. The molecule has 0 amide bonds. The second-order valence-electron chi connectivity index (χ2n) is 5.50. The molecule has 0 heterocycles. The van der Waals surface area contributed by atoms with Gasteiger partial charge in [0.2, 0.25) is 0 Å². The van der Waals surface area contributed by atoms with Crippen molar-refractivity contribution in [1.29, 1.82) is 0 Å². The Bertz CT molecular complexity index is 433. The van der Waals surface area contributed by atoms with Crippen molar-refractivity contribution in [2.24, 2.45) is 5.73 Å². The Kier molecular flexibility index (Phi) is 2.62. The van der Waals surface area contributed by atoms with E-state index in [2.05, 4.69) is 12.1 Å². The van der Waals surface area contributed by atoms with Crippen LogP contribution in [0.2, 0.25) is 0 Å². The van der Waals surface area contributed by atoms with Crippen LogP contribution < -0.4 is 10.5 Å². The Hall–Kier alpha value is -1.02. The van der Waals surface area contributed by atoms with Crippen LogP contribution in [0.3, 0.4) is 0 Å². The van der Waals surface area contributed by atoms with E-state index in [-0.39, 0.29) is 5.54 Å². The van der Waals surface area contributed by atoms with Crippen LogP contribution in [0.5, 0.6) is 5.75 Å². The third-order valence-corrected chi connectivity index (χ3v) is 4.47. The van der Waals surface area contributed by atoms with Crippen molar-refractivity contribution in [2.45, 2.75) is 50.5 Å². The van der Waals surface area contributed by atoms with Gasteiger partial charge < -0.3 is 10.5 Å². The van der Waals surface area contributed by atoms with Gasteiger partial charge in [0.05, 0.1) is 7.11 Å². The quantitative estimate of drug-likeness (QED) is 0.849. The molecule has 0 aliphatic heterocycles. The summed E-state index contributed by atoms with van der Waals surface area (Å²) in [6.07, 6.45) is 8.30. The maximum Gasteiger partial charge on any atom is 0.127 e. The highest BCUT2D eigenvalue weighted by atomic mass is 16.5. The molecule has 0 aromatic heterocycles. The molecule has 1 aromatic carbocycles. The van der Waals surface area contributed by atoms with Crippen molar-refractivity contribution >= 4 is 0 Å². The summed E-state index contributed by atoms with van der Waals surface area (Å²) in [7, 11) is 1.79. The van der Waals surface area contributed by atoms with E-state index in [4.69, 9.17) is 10.5 Å². The number of benzene rings is 1. The molecule has 1 aromatic rings. The predicted molar refractivity (Wildman–Crippen MR) is 69.4 cm³/mol. The zero-order chi connectivity index (χ0) is 11.9. The van der Waals surface area contributed by atoms with E-state index in [0.29, 0.717) is 0 Å². The van der Waals surface area contributed by atoms with Crippen LogP contribution in [-0.2, 0) is 18.4 Å². The fraction of sp³-hybridized carbons (Fsp3) is 0.600. The van der Waals surface area contributed by atoms with Crippen LogP contribution in [-0.4, -0.2) is 7.11 Å². The predicted octanol–water partition coefficient (Wildman–Crippen LogP) is 2.91. The lowest BCUT2D eigenvalue weighted by atomic mass is 9.86. The lowest BCUT2D eigenvalue weighted by Crippen LogP contribution is -2.33. The largest absolute Gasteiger partial charge is 0.496 e. The van der Waals surface area contributed by atoms with Gasteiger partial charge in [0, 0.05) is 11.1 Å². The Morgan fingerprint density at radius 1 is 1.12 bits per heavy atom. The minimum atomic E-state index is -0.136. The lowest BCUT2D eigenvalue weighted by Gasteiger charge is -2.27. The molecule has 0 saturated heterocycles. The third-order valence-electron chi connectivity index (χ3n) is 4.47. The van der Waals surface area contributed by atoms with Crippen LogP contribution >= 0.6 is 0 Å². The minimum absolute atomic E-state index is 0.136. The first-order chi connectivity index (χ1) is 8.24.